The number of azo groups is 1. The van der Waals surface area contributed by atoms with Gasteiger partial charge in [-0.1, -0.05) is 0 Å². The van der Waals surface area contributed by atoms with E-state index in [1.54, 1.807) is 0 Å². The summed E-state index contributed by atoms with van der Waals surface area (Å²) in [7, 11) is -9.40. The van der Waals surface area contributed by atoms with Crippen LogP contribution in [0.5, 0.6) is 0 Å². The Morgan fingerprint density at radius 3 is 1.96 bits per heavy atom. The number of aliphatic hydroxyl groups is 2. The molecule has 302 valence electrons. The summed E-state index contributed by atoms with van der Waals surface area (Å²) in [4.78, 5) is 8.67. The second kappa shape index (κ2) is 18.7. The summed E-state index contributed by atoms with van der Waals surface area (Å²) >= 11 is 0. The minimum atomic E-state index is -4.82. The molecule has 1 heterocycles. The molecule has 0 aromatic heterocycles. The normalized spacial score (nSPS) is 42.2. The number of aliphatic hydroxyl groups excluding tert-OH is 2. The zero-order valence-corrected chi connectivity index (χ0v) is 30.6. The maximum absolute atomic E-state index is 12.8. The van der Waals surface area contributed by atoms with Crippen LogP contribution in [0.15, 0.2) is 10.2 Å². The van der Waals surface area contributed by atoms with E-state index in [0.29, 0.717) is 19.3 Å². The van der Waals surface area contributed by atoms with Crippen molar-refractivity contribution in [2.24, 2.45) is 39.6 Å². The fourth-order valence-electron chi connectivity index (χ4n) is 9.06. The molecule has 12 unspecified atom stereocenters. The standard InChI is InChI=1S/C29H57N9O12S2/c30-18-1-3-19(4-2-18)32-28-34-27(31-5-6-39)35-29(36-28)33-22-12-21(51(43,44)45)10-17-11-23(52(46,47)48)25(26(40)24(17)22)38-37-20-8-15(13-49-41)7-16(9-20)14-50-42/h15-29,31-36,39-42H,1-14,30H2,(H,43,44,45)(H,46,47,48). The fourth-order valence-corrected chi connectivity index (χ4v) is 11.1. The van der Waals surface area contributed by atoms with Gasteiger partial charge in [-0.25, -0.2) is 9.78 Å². The van der Waals surface area contributed by atoms with Gasteiger partial charge in [0, 0.05) is 30.6 Å². The van der Waals surface area contributed by atoms with Gasteiger partial charge in [-0.05, 0) is 82.0 Å². The SMILES string of the molecule is NC1CCC(NC2NC(NCCO)NC(NC3CC(S(=O)(=O)O)CC4CC(S(=O)(=O)O)C(N=NC5CC(COO)CC(COO)C5)C(O)C43)N2)CC1. The maximum Gasteiger partial charge on any atom is 0.270 e. The van der Waals surface area contributed by atoms with E-state index in [4.69, 9.17) is 16.2 Å². The van der Waals surface area contributed by atoms with Crippen LogP contribution >= 0.6 is 0 Å². The van der Waals surface area contributed by atoms with Crippen LogP contribution in [0.2, 0.25) is 0 Å². The van der Waals surface area contributed by atoms with Crippen molar-refractivity contribution in [2.45, 2.75) is 130 Å². The second-order valence-electron chi connectivity index (χ2n) is 15.2. The van der Waals surface area contributed by atoms with E-state index < -0.39 is 85.7 Å². The van der Waals surface area contributed by atoms with Gasteiger partial charge in [-0.3, -0.25) is 51.5 Å². The third-order valence-corrected chi connectivity index (χ3v) is 13.9. The van der Waals surface area contributed by atoms with E-state index >= 15 is 0 Å². The molecule has 0 aromatic rings. The maximum atomic E-state index is 12.8. The molecular weight excluding hydrogens is 731 g/mol. The van der Waals surface area contributed by atoms with Gasteiger partial charge >= 0.3 is 0 Å². The van der Waals surface area contributed by atoms with E-state index in [2.05, 4.69) is 51.9 Å². The monoisotopic (exact) mass is 787 g/mol. The topological polar surface area (TPSA) is 331 Å². The molecule has 0 bridgehead atoms. The number of rotatable bonds is 15. The van der Waals surface area contributed by atoms with Gasteiger partial charge < -0.3 is 15.9 Å². The van der Waals surface area contributed by atoms with Gasteiger partial charge in [-0.2, -0.15) is 27.1 Å². The van der Waals surface area contributed by atoms with E-state index in [1.165, 1.54) is 0 Å². The molecule has 1 saturated heterocycles. The number of nitrogens with one attached hydrogen (secondary N) is 6. The average Bonchev–Trinajstić information content (AvgIpc) is 3.07. The molecule has 5 rings (SSSR count). The van der Waals surface area contributed by atoms with Crippen LogP contribution in [0.1, 0.15) is 64.2 Å². The largest absolute Gasteiger partial charge is 0.395 e. The lowest BCUT2D eigenvalue weighted by Gasteiger charge is -2.51. The van der Waals surface area contributed by atoms with E-state index in [9.17, 15) is 36.2 Å². The minimum Gasteiger partial charge on any atom is -0.395 e. The molecule has 52 heavy (non-hydrogen) atoms. The number of nitrogens with two attached hydrogens (primary N) is 1. The molecule has 0 amide bonds. The van der Waals surface area contributed by atoms with Gasteiger partial charge in [-0.15, -0.1) is 0 Å². The highest BCUT2D eigenvalue weighted by atomic mass is 32.2. The first-order valence-electron chi connectivity index (χ1n) is 18.1. The number of nitrogens with zero attached hydrogens (tertiary/aromatic N) is 2. The van der Waals surface area contributed by atoms with Gasteiger partial charge in [0.05, 0.1) is 37.2 Å². The van der Waals surface area contributed by atoms with Crippen LogP contribution in [0.3, 0.4) is 0 Å². The lowest BCUT2D eigenvalue weighted by molar-refractivity contribution is -0.263. The Hall–Kier alpha value is -1.10. The Morgan fingerprint density at radius 2 is 1.38 bits per heavy atom. The lowest BCUT2D eigenvalue weighted by Crippen LogP contribution is -2.79. The summed E-state index contributed by atoms with van der Waals surface area (Å²) < 4.78 is 71.1. The Morgan fingerprint density at radius 1 is 0.769 bits per heavy atom. The molecule has 12 atom stereocenters. The molecular formula is C29H57N9O12S2. The third kappa shape index (κ3) is 11.2. The molecule has 5 fully saturated rings. The number of fused-ring (bicyclic) bond motifs is 1. The molecule has 5 aliphatic rings. The van der Waals surface area contributed by atoms with Gasteiger partial charge in [0.2, 0.25) is 0 Å². The highest BCUT2D eigenvalue weighted by Crippen LogP contribution is 2.45. The smallest absolute Gasteiger partial charge is 0.270 e. The van der Waals surface area contributed by atoms with Crippen LogP contribution in [0, 0.1) is 23.7 Å². The van der Waals surface area contributed by atoms with Crippen molar-refractivity contribution in [3.8, 4) is 0 Å². The van der Waals surface area contributed by atoms with Crippen molar-refractivity contribution < 1.29 is 56.4 Å². The van der Waals surface area contributed by atoms with Crippen molar-refractivity contribution >= 4 is 20.2 Å². The quantitative estimate of drug-likeness (QED) is 0.0366. The van der Waals surface area contributed by atoms with Crippen LogP contribution in [-0.4, -0.2) is 139 Å². The molecule has 23 heteroatoms. The summed E-state index contributed by atoms with van der Waals surface area (Å²) in [6.07, 6.45) is 1.17. The number of hydrogen-bond donors (Lipinski definition) is 13. The molecule has 14 N–H and O–H groups in total. The Balaban J connectivity index is 1.39. The van der Waals surface area contributed by atoms with Crippen LogP contribution in [-0.2, 0) is 30.0 Å². The highest BCUT2D eigenvalue weighted by molar-refractivity contribution is 7.86. The second-order valence-corrected chi connectivity index (χ2v) is 18.5. The third-order valence-electron chi connectivity index (χ3n) is 11.4. The first-order valence-corrected chi connectivity index (χ1v) is 21.1. The van der Waals surface area contributed by atoms with E-state index in [0.717, 1.165) is 25.7 Å². The molecule has 0 spiro atoms. The van der Waals surface area contributed by atoms with Gasteiger partial charge in [0.1, 0.15) is 30.2 Å². The summed E-state index contributed by atoms with van der Waals surface area (Å²) in [5.74, 6) is -1.87. The van der Waals surface area contributed by atoms with E-state index in [1.807, 2.05) is 0 Å². The zero-order valence-electron chi connectivity index (χ0n) is 29.0. The summed E-state index contributed by atoms with van der Waals surface area (Å²) in [6, 6.07) is -2.40. The van der Waals surface area contributed by atoms with Crippen molar-refractivity contribution in [1.29, 1.82) is 0 Å². The van der Waals surface area contributed by atoms with Crippen molar-refractivity contribution in [3.63, 3.8) is 0 Å². The summed E-state index contributed by atoms with van der Waals surface area (Å²) in [5, 5.41) is 65.3. The summed E-state index contributed by atoms with van der Waals surface area (Å²) in [6.45, 7) is 0.127. The van der Waals surface area contributed by atoms with Gasteiger partial charge in [0.15, 0.2) is 0 Å². The molecule has 4 saturated carbocycles. The predicted molar refractivity (Wildman–Crippen MR) is 184 cm³/mol. The van der Waals surface area contributed by atoms with Gasteiger partial charge in [0.25, 0.3) is 20.2 Å². The van der Waals surface area contributed by atoms with Crippen molar-refractivity contribution in [2.75, 3.05) is 26.4 Å². The zero-order chi connectivity index (χ0) is 37.6. The molecule has 4 aliphatic carbocycles. The Bertz CT molecular complexity index is 1370. The first-order chi connectivity index (χ1) is 24.7. The molecule has 1 aliphatic heterocycles. The van der Waals surface area contributed by atoms with E-state index in [-0.39, 0.29) is 69.5 Å². The molecule has 0 radical (unpaired) electrons. The van der Waals surface area contributed by atoms with Crippen molar-refractivity contribution in [1.82, 2.24) is 31.9 Å². The molecule has 21 nitrogen and oxygen atoms in total. The predicted octanol–water partition coefficient (Wildman–Crippen LogP) is -2.09. The molecule has 0 aromatic carbocycles. The lowest BCUT2D eigenvalue weighted by atomic mass is 9.65. The highest BCUT2D eigenvalue weighted by Gasteiger charge is 2.55. The Labute approximate surface area is 304 Å². The number of hydrogen-bond acceptors (Lipinski definition) is 19. The van der Waals surface area contributed by atoms with Crippen molar-refractivity contribution in [3.05, 3.63) is 0 Å². The van der Waals surface area contributed by atoms with Crippen LogP contribution in [0.4, 0.5) is 0 Å². The first kappa shape index (κ1) is 42.1. The average molecular weight is 788 g/mol. The minimum absolute atomic E-state index is 0.0000150. The fraction of sp³-hybridized carbons (Fsp3) is 1.00. The Kier molecular flexibility index (Phi) is 15.1. The van der Waals surface area contributed by atoms with Crippen LogP contribution in [0.25, 0.3) is 0 Å². The summed E-state index contributed by atoms with van der Waals surface area (Å²) in [5.41, 5.74) is 6.09. The van der Waals surface area contributed by atoms with Crippen LogP contribution < -0.4 is 37.6 Å².